The van der Waals surface area contributed by atoms with Gasteiger partial charge < -0.3 is 19.1 Å². The van der Waals surface area contributed by atoms with Crippen molar-refractivity contribution >= 4 is 48.4 Å². The summed E-state index contributed by atoms with van der Waals surface area (Å²) in [6.45, 7) is 14.1. The third kappa shape index (κ3) is 8.22. The summed E-state index contributed by atoms with van der Waals surface area (Å²) in [5.41, 5.74) is 0.231. The van der Waals surface area contributed by atoms with Crippen LogP contribution < -0.4 is 9.64 Å². The lowest BCUT2D eigenvalue weighted by molar-refractivity contribution is -0.123. The first-order valence-corrected chi connectivity index (χ1v) is 15.8. The predicted molar refractivity (Wildman–Crippen MR) is 138 cm³/mol. The molecule has 0 aliphatic carbocycles. The van der Waals surface area contributed by atoms with Crippen molar-refractivity contribution in [2.75, 3.05) is 38.4 Å². The molecule has 1 fully saturated rings. The zero-order valence-electron chi connectivity index (χ0n) is 20.4. The van der Waals surface area contributed by atoms with Crippen LogP contribution in [0.25, 0.3) is 0 Å². The van der Waals surface area contributed by atoms with Crippen LogP contribution in [0.1, 0.15) is 27.2 Å². The van der Waals surface area contributed by atoms with E-state index in [-0.39, 0.29) is 24.6 Å². The van der Waals surface area contributed by atoms with E-state index in [1.807, 2.05) is 39.0 Å². The number of ether oxygens (including phenoxy) is 3. The third-order valence-electron chi connectivity index (χ3n) is 5.12. The van der Waals surface area contributed by atoms with Gasteiger partial charge in [0, 0.05) is 31.3 Å². The van der Waals surface area contributed by atoms with Crippen LogP contribution in [0.15, 0.2) is 18.2 Å². The van der Waals surface area contributed by atoms with Crippen LogP contribution in [0.3, 0.4) is 0 Å². The lowest BCUT2D eigenvalue weighted by Crippen LogP contribution is -2.41. The van der Waals surface area contributed by atoms with Crippen molar-refractivity contribution in [1.29, 1.82) is 0 Å². The van der Waals surface area contributed by atoms with Gasteiger partial charge in [-0.2, -0.15) is 0 Å². The highest BCUT2D eigenvalue weighted by Gasteiger charge is 2.36. The number of hydrogen-bond acceptors (Lipinski definition) is 5. The van der Waals surface area contributed by atoms with Crippen molar-refractivity contribution in [3.05, 3.63) is 21.8 Å². The lowest BCUT2D eigenvalue weighted by Gasteiger charge is -2.28. The summed E-state index contributed by atoms with van der Waals surface area (Å²) >= 11 is 2.22. The molecule has 0 aromatic heterocycles. The van der Waals surface area contributed by atoms with E-state index < -0.39 is 13.7 Å². The molecule has 1 saturated heterocycles. The quantitative estimate of drug-likeness (QED) is 0.184. The van der Waals surface area contributed by atoms with E-state index in [0.717, 1.165) is 21.1 Å². The molecule has 1 atom stereocenters. The van der Waals surface area contributed by atoms with Crippen molar-refractivity contribution in [1.82, 2.24) is 4.90 Å². The average molecular weight is 577 g/mol. The Kier molecular flexibility index (Phi) is 9.42. The number of amides is 2. The second-order valence-electron chi connectivity index (χ2n) is 10.3. The third-order valence-corrected chi connectivity index (χ3v) is 7.69. The Morgan fingerprint density at radius 3 is 2.50 bits per heavy atom. The van der Waals surface area contributed by atoms with E-state index in [1.165, 1.54) is 0 Å². The van der Waals surface area contributed by atoms with Gasteiger partial charge in [-0.25, -0.2) is 4.79 Å². The number of likely N-dealkylation sites (tertiary alicyclic amines) is 1. The monoisotopic (exact) mass is 576 g/mol. The Balaban J connectivity index is 2.14. The molecule has 0 radical (unpaired) electrons. The Hall–Kier alpha value is -1.33. The van der Waals surface area contributed by atoms with Gasteiger partial charge in [-0.05, 0) is 74.0 Å². The Labute approximate surface area is 206 Å². The molecule has 9 heteroatoms. The van der Waals surface area contributed by atoms with Gasteiger partial charge in [-0.1, -0.05) is 19.6 Å². The lowest BCUT2D eigenvalue weighted by atomic mass is 10.1. The van der Waals surface area contributed by atoms with Gasteiger partial charge in [0.05, 0.1) is 18.7 Å². The zero-order chi connectivity index (χ0) is 24.1. The van der Waals surface area contributed by atoms with Gasteiger partial charge in [0.25, 0.3) is 0 Å². The molecule has 2 rings (SSSR count). The maximum absolute atomic E-state index is 13.5. The average Bonchev–Trinajstić information content (AvgIpc) is 3.16. The van der Waals surface area contributed by atoms with Gasteiger partial charge in [-0.15, -0.1) is 0 Å². The molecule has 1 aromatic rings. The van der Waals surface area contributed by atoms with Gasteiger partial charge in [0.2, 0.25) is 5.91 Å². The highest BCUT2D eigenvalue weighted by molar-refractivity contribution is 14.1. The first-order valence-electron chi connectivity index (χ1n) is 11.0. The molecule has 0 saturated carbocycles. The van der Waals surface area contributed by atoms with E-state index in [4.69, 9.17) is 14.2 Å². The molecule has 1 aromatic carbocycles. The van der Waals surface area contributed by atoms with Crippen LogP contribution in [0.2, 0.25) is 25.7 Å². The van der Waals surface area contributed by atoms with Crippen LogP contribution in [-0.2, 0) is 14.3 Å². The Bertz CT molecular complexity index is 807. The summed E-state index contributed by atoms with van der Waals surface area (Å²) in [5.74, 6) is 0.412. The second kappa shape index (κ2) is 11.2. The van der Waals surface area contributed by atoms with Crippen molar-refractivity contribution in [3.8, 4) is 5.75 Å². The number of halogens is 1. The zero-order valence-corrected chi connectivity index (χ0v) is 23.5. The number of benzene rings is 1. The highest BCUT2D eigenvalue weighted by atomic mass is 127. The van der Waals surface area contributed by atoms with Gasteiger partial charge in [-0.3, -0.25) is 9.69 Å². The Morgan fingerprint density at radius 2 is 1.94 bits per heavy atom. The van der Waals surface area contributed by atoms with Crippen LogP contribution in [0.4, 0.5) is 10.5 Å². The SMILES string of the molecule is COc1ccc(N(COCC[Si](C)(C)C)C(=O)C2CCN(C(=O)OC(C)(C)C)C2)c(I)c1. The summed E-state index contributed by atoms with van der Waals surface area (Å²) in [6.07, 6.45) is 0.237. The molecule has 32 heavy (non-hydrogen) atoms. The first-order chi connectivity index (χ1) is 14.8. The largest absolute Gasteiger partial charge is 0.497 e. The molecule has 0 N–H and O–H groups in total. The maximum atomic E-state index is 13.5. The number of methoxy groups -OCH3 is 1. The molecule has 0 bridgehead atoms. The number of carbonyl (C=O) groups excluding carboxylic acids is 2. The van der Waals surface area contributed by atoms with Crippen molar-refractivity contribution < 1.29 is 23.8 Å². The topological polar surface area (TPSA) is 68.3 Å². The minimum absolute atomic E-state index is 0.0351. The standard InChI is InChI=1S/C23H37IN2O5Si/c1-23(2,3)31-22(28)25-11-10-17(15-25)21(27)26(16-30-12-13-32(5,6)7)20-9-8-18(29-4)14-19(20)24/h8-9,14,17H,10-13,15-16H2,1-7H3. The second-order valence-corrected chi connectivity index (χ2v) is 17.1. The van der Waals surface area contributed by atoms with E-state index in [0.29, 0.717) is 26.1 Å². The van der Waals surface area contributed by atoms with Crippen LogP contribution in [0, 0.1) is 9.49 Å². The number of carbonyl (C=O) groups is 2. The number of nitrogens with zero attached hydrogens (tertiary/aromatic N) is 2. The number of rotatable bonds is 8. The number of hydrogen-bond donors (Lipinski definition) is 0. The summed E-state index contributed by atoms with van der Waals surface area (Å²) < 4.78 is 17.7. The van der Waals surface area contributed by atoms with Crippen LogP contribution in [0.5, 0.6) is 5.75 Å². The van der Waals surface area contributed by atoms with Crippen LogP contribution in [-0.4, -0.2) is 64.1 Å². The summed E-state index contributed by atoms with van der Waals surface area (Å²) in [5, 5.41) is 0. The fourth-order valence-electron chi connectivity index (χ4n) is 3.29. The van der Waals surface area contributed by atoms with Crippen molar-refractivity contribution in [2.24, 2.45) is 5.92 Å². The van der Waals surface area contributed by atoms with E-state index in [1.54, 1.807) is 16.9 Å². The van der Waals surface area contributed by atoms with Gasteiger partial charge >= 0.3 is 6.09 Å². The molecule has 1 aliphatic heterocycles. The smallest absolute Gasteiger partial charge is 0.410 e. The normalized spacial score (nSPS) is 16.8. The maximum Gasteiger partial charge on any atom is 0.410 e. The molecule has 0 spiro atoms. The predicted octanol–water partition coefficient (Wildman–Crippen LogP) is 5.20. The molecule has 1 aliphatic rings. The van der Waals surface area contributed by atoms with Crippen LogP contribution >= 0.6 is 22.6 Å². The number of anilines is 1. The molecule has 180 valence electrons. The minimum Gasteiger partial charge on any atom is -0.497 e. The summed E-state index contributed by atoms with van der Waals surface area (Å²) in [4.78, 5) is 29.3. The summed E-state index contributed by atoms with van der Waals surface area (Å²) in [7, 11) is 0.392. The van der Waals surface area contributed by atoms with E-state index >= 15 is 0 Å². The molecule has 2 amide bonds. The van der Waals surface area contributed by atoms with Gasteiger partial charge in [0.1, 0.15) is 18.1 Å². The molecular formula is C23H37IN2O5Si. The Morgan fingerprint density at radius 1 is 1.25 bits per heavy atom. The van der Waals surface area contributed by atoms with E-state index in [2.05, 4.69) is 42.2 Å². The van der Waals surface area contributed by atoms with Crippen molar-refractivity contribution in [3.63, 3.8) is 0 Å². The fraction of sp³-hybridized carbons (Fsp3) is 0.652. The van der Waals surface area contributed by atoms with Crippen molar-refractivity contribution in [2.45, 2.75) is 58.5 Å². The van der Waals surface area contributed by atoms with Gasteiger partial charge in [0.15, 0.2) is 0 Å². The fourth-order valence-corrected chi connectivity index (χ4v) is 4.83. The molecular weight excluding hydrogens is 539 g/mol. The first kappa shape index (κ1) is 26.9. The molecule has 1 unspecified atom stereocenters. The molecule has 7 nitrogen and oxygen atoms in total. The summed E-state index contributed by atoms with van der Waals surface area (Å²) in [6, 6.07) is 6.67. The van der Waals surface area contributed by atoms with E-state index in [9.17, 15) is 9.59 Å². The highest BCUT2D eigenvalue weighted by Crippen LogP contribution is 2.30. The molecule has 1 heterocycles. The minimum atomic E-state index is -1.23.